The van der Waals surface area contributed by atoms with Gasteiger partial charge in [0.15, 0.2) is 5.16 Å². The Kier molecular flexibility index (Phi) is 6.15. The maximum Gasteiger partial charge on any atom is 0.262 e. The van der Waals surface area contributed by atoms with Crippen LogP contribution in [0.4, 0.5) is 5.69 Å². The fourth-order valence-corrected chi connectivity index (χ4v) is 4.70. The third-order valence-electron chi connectivity index (χ3n) is 5.65. The van der Waals surface area contributed by atoms with Crippen molar-refractivity contribution in [3.05, 3.63) is 46.0 Å². The molecule has 8 nitrogen and oxygen atoms in total. The summed E-state index contributed by atoms with van der Waals surface area (Å²) in [6.45, 7) is 6.75. The van der Waals surface area contributed by atoms with Crippen LogP contribution in [0.1, 0.15) is 31.2 Å². The molecule has 0 radical (unpaired) electrons. The number of para-hydroxylation sites is 1. The van der Waals surface area contributed by atoms with Gasteiger partial charge in [0.25, 0.3) is 5.56 Å². The maximum atomic E-state index is 13.2. The molecule has 0 aliphatic carbocycles. The number of anilines is 1. The second-order valence-corrected chi connectivity index (χ2v) is 9.19. The number of aromatic nitrogens is 4. The lowest BCUT2D eigenvalue weighted by atomic mass is 10.2. The van der Waals surface area contributed by atoms with Crippen LogP contribution in [0.3, 0.4) is 0 Å². The van der Waals surface area contributed by atoms with E-state index in [1.54, 1.807) is 15.3 Å². The number of rotatable bonds is 6. The number of hydrogen-bond donors (Lipinski definition) is 1. The van der Waals surface area contributed by atoms with E-state index in [2.05, 4.69) is 10.4 Å². The molecule has 3 aromatic rings. The molecule has 0 unspecified atom stereocenters. The molecule has 1 aromatic carbocycles. The van der Waals surface area contributed by atoms with Gasteiger partial charge < -0.3 is 10.1 Å². The lowest BCUT2D eigenvalue weighted by molar-refractivity contribution is -0.115. The summed E-state index contributed by atoms with van der Waals surface area (Å²) in [5.74, 6) is -0.157. The van der Waals surface area contributed by atoms with Gasteiger partial charge in [-0.3, -0.25) is 18.8 Å². The van der Waals surface area contributed by atoms with Crippen LogP contribution in [-0.4, -0.2) is 43.2 Å². The highest BCUT2D eigenvalue weighted by atomic mass is 32.2. The number of thioether (sulfide) groups is 1. The molecular weight excluding hydrogens is 414 g/mol. The van der Waals surface area contributed by atoms with E-state index in [4.69, 9.17) is 9.72 Å². The number of ether oxygens (including phenoxy) is 1. The molecule has 0 bridgehead atoms. The van der Waals surface area contributed by atoms with Gasteiger partial charge in [0.2, 0.25) is 5.91 Å². The second kappa shape index (κ2) is 8.84. The molecule has 9 heteroatoms. The van der Waals surface area contributed by atoms with Crippen LogP contribution in [0.25, 0.3) is 10.9 Å². The van der Waals surface area contributed by atoms with Gasteiger partial charge in [-0.25, -0.2) is 4.98 Å². The van der Waals surface area contributed by atoms with Gasteiger partial charge in [0.05, 0.1) is 45.9 Å². The molecule has 0 spiro atoms. The molecule has 1 aliphatic rings. The van der Waals surface area contributed by atoms with Crippen LogP contribution in [0.5, 0.6) is 0 Å². The Morgan fingerprint density at radius 2 is 2.13 bits per heavy atom. The van der Waals surface area contributed by atoms with Crippen LogP contribution < -0.4 is 10.9 Å². The molecule has 1 fully saturated rings. The number of nitrogens with zero attached hydrogens (tertiary/aromatic N) is 4. The van der Waals surface area contributed by atoms with Gasteiger partial charge in [-0.05, 0) is 45.7 Å². The van der Waals surface area contributed by atoms with Gasteiger partial charge in [-0.2, -0.15) is 5.10 Å². The maximum absolute atomic E-state index is 13.2. The molecule has 4 rings (SSSR count). The number of hydrogen-bond acceptors (Lipinski definition) is 6. The molecule has 164 valence electrons. The predicted molar refractivity (Wildman–Crippen MR) is 122 cm³/mol. The Balaban J connectivity index is 1.62. The number of nitrogens with one attached hydrogen (secondary N) is 1. The van der Waals surface area contributed by atoms with Crippen molar-refractivity contribution in [3.63, 3.8) is 0 Å². The first-order valence-electron chi connectivity index (χ1n) is 10.4. The summed E-state index contributed by atoms with van der Waals surface area (Å²) in [6, 6.07) is 7.31. The van der Waals surface area contributed by atoms with E-state index in [1.807, 2.05) is 46.0 Å². The zero-order valence-electron chi connectivity index (χ0n) is 18.2. The number of aryl methyl sites for hydroxylation is 2. The standard InChI is InChI=1S/C22H27N5O3S/c1-13-19(14(2)26(4)25-13)24-20(28)15(3)31-22-23-18-10-6-5-9-17(18)21(29)27(22)12-16-8-7-11-30-16/h5-6,9-10,15-16H,7-8,11-12H2,1-4H3,(H,24,28)/t15-,16+/m1/s1. The molecule has 1 amide bonds. The van der Waals surface area contributed by atoms with Crippen molar-refractivity contribution in [2.45, 2.75) is 56.7 Å². The Bertz CT molecular complexity index is 1180. The number of amides is 1. The van der Waals surface area contributed by atoms with Crippen molar-refractivity contribution in [2.24, 2.45) is 7.05 Å². The summed E-state index contributed by atoms with van der Waals surface area (Å²) >= 11 is 1.29. The minimum absolute atomic E-state index is 0.00941. The van der Waals surface area contributed by atoms with Crippen LogP contribution in [-0.2, 0) is 23.1 Å². The number of benzene rings is 1. The van der Waals surface area contributed by atoms with Crippen LogP contribution in [0.2, 0.25) is 0 Å². The minimum Gasteiger partial charge on any atom is -0.376 e. The number of carbonyl (C=O) groups is 1. The van der Waals surface area contributed by atoms with E-state index in [0.29, 0.717) is 29.2 Å². The highest BCUT2D eigenvalue weighted by Crippen LogP contribution is 2.26. The van der Waals surface area contributed by atoms with E-state index in [-0.39, 0.29) is 17.6 Å². The topological polar surface area (TPSA) is 91.0 Å². The number of fused-ring (bicyclic) bond motifs is 1. The molecule has 1 aliphatic heterocycles. The highest BCUT2D eigenvalue weighted by molar-refractivity contribution is 8.00. The van der Waals surface area contributed by atoms with Crippen molar-refractivity contribution in [2.75, 3.05) is 11.9 Å². The molecule has 0 saturated carbocycles. The largest absolute Gasteiger partial charge is 0.376 e. The summed E-state index contributed by atoms with van der Waals surface area (Å²) in [6.07, 6.45) is 1.90. The van der Waals surface area contributed by atoms with Gasteiger partial charge in [0, 0.05) is 13.7 Å². The van der Waals surface area contributed by atoms with E-state index in [9.17, 15) is 9.59 Å². The third-order valence-corrected chi connectivity index (χ3v) is 6.74. The lowest BCUT2D eigenvalue weighted by Gasteiger charge is -2.18. The Morgan fingerprint density at radius 1 is 1.35 bits per heavy atom. The fourth-order valence-electron chi connectivity index (χ4n) is 3.78. The number of carbonyl (C=O) groups excluding carboxylic acids is 1. The van der Waals surface area contributed by atoms with Crippen LogP contribution in [0.15, 0.2) is 34.2 Å². The average molecular weight is 442 g/mol. The first-order valence-corrected chi connectivity index (χ1v) is 11.3. The zero-order chi connectivity index (χ0) is 22.1. The van der Waals surface area contributed by atoms with Gasteiger partial charge in [-0.1, -0.05) is 23.9 Å². The van der Waals surface area contributed by atoms with E-state index < -0.39 is 5.25 Å². The molecule has 2 aromatic heterocycles. The van der Waals surface area contributed by atoms with Crippen LogP contribution in [0, 0.1) is 13.8 Å². The van der Waals surface area contributed by atoms with Gasteiger partial charge in [0.1, 0.15) is 0 Å². The highest BCUT2D eigenvalue weighted by Gasteiger charge is 2.24. The normalized spacial score (nSPS) is 17.2. The van der Waals surface area contributed by atoms with Crippen molar-refractivity contribution < 1.29 is 9.53 Å². The zero-order valence-corrected chi connectivity index (χ0v) is 19.0. The lowest BCUT2D eigenvalue weighted by Crippen LogP contribution is -2.30. The molecule has 1 saturated heterocycles. The quantitative estimate of drug-likeness (QED) is 0.467. The van der Waals surface area contributed by atoms with Crippen molar-refractivity contribution >= 4 is 34.3 Å². The van der Waals surface area contributed by atoms with E-state index >= 15 is 0 Å². The Hall–Kier alpha value is -2.65. The summed E-state index contributed by atoms with van der Waals surface area (Å²) < 4.78 is 9.16. The fraction of sp³-hybridized carbons (Fsp3) is 0.455. The van der Waals surface area contributed by atoms with E-state index in [0.717, 1.165) is 29.9 Å². The Morgan fingerprint density at radius 3 is 2.81 bits per heavy atom. The predicted octanol–water partition coefficient (Wildman–Crippen LogP) is 3.05. The summed E-state index contributed by atoms with van der Waals surface area (Å²) in [4.78, 5) is 30.9. The average Bonchev–Trinajstić information content (AvgIpc) is 3.34. The molecular formula is C22H27N5O3S. The summed E-state index contributed by atoms with van der Waals surface area (Å²) in [7, 11) is 1.85. The van der Waals surface area contributed by atoms with Crippen molar-refractivity contribution in [1.29, 1.82) is 0 Å². The third kappa shape index (κ3) is 4.38. The van der Waals surface area contributed by atoms with Gasteiger partial charge in [-0.15, -0.1) is 0 Å². The SMILES string of the molecule is Cc1nn(C)c(C)c1NC(=O)[C@@H](C)Sc1nc2ccccc2c(=O)n1C[C@@H]1CCCO1. The first kappa shape index (κ1) is 21.6. The summed E-state index contributed by atoms with van der Waals surface area (Å²) in [5, 5.41) is 7.97. The van der Waals surface area contributed by atoms with E-state index in [1.165, 1.54) is 11.8 Å². The summed E-state index contributed by atoms with van der Waals surface area (Å²) in [5.41, 5.74) is 2.91. The second-order valence-electron chi connectivity index (χ2n) is 7.88. The minimum atomic E-state index is -0.456. The smallest absolute Gasteiger partial charge is 0.262 e. The monoisotopic (exact) mass is 441 g/mol. The Labute approximate surface area is 185 Å². The van der Waals surface area contributed by atoms with Crippen molar-refractivity contribution in [3.8, 4) is 0 Å². The molecule has 2 atom stereocenters. The first-order chi connectivity index (χ1) is 14.8. The molecule has 3 heterocycles. The molecule has 1 N–H and O–H groups in total. The van der Waals surface area contributed by atoms with Crippen molar-refractivity contribution in [1.82, 2.24) is 19.3 Å². The van der Waals surface area contributed by atoms with Crippen LogP contribution >= 0.6 is 11.8 Å². The van der Waals surface area contributed by atoms with Gasteiger partial charge >= 0.3 is 0 Å². The molecule has 31 heavy (non-hydrogen) atoms.